The summed E-state index contributed by atoms with van der Waals surface area (Å²) in [6.07, 6.45) is 7.10. The molecule has 3 rings (SSSR count). The Morgan fingerprint density at radius 2 is 2.29 bits per heavy atom. The van der Waals surface area contributed by atoms with Gasteiger partial charge >= 0.3 is 0 Å². The topological polar surface area (TPSA) is 97.7 Å². The predicted octanol–water partition coefficient (Wildman–Crippen LogP) is 3.07. The molecule has 8 heteroatoms. The number of rotatable bonds is 9. The lowest BCUT2D eigenvalue weighted by Gasteiger charge is -2.11. The molecule has 1 atom stereocenters. The summed E-state index contributed by atoms with van der Waals surface area (Å²) < 4.78 is 20.7. The van der Waals surface area contributed by atoms with Gasteiger partial charge in [0.05, 0.1) is 24.1 Å². The molecule has 0 amide bonds. The maximum atomic E-state index is 13.5. The van der Waals surface area contributed by atoms with Gasteiger partial charge in [0.15, 0.2) is 0 Å². The third kappa shape index (κ3) is 6.37. The molecule has 4 N–H and O–H groups in total. The Kier molecular flexibility index (Phi) is 7.75. The monoisotopic (exact) mass is 425 g/mol. The number of ether oxygens (including phenoxy) is 1. The molecule has 7 nitrogen and oxygen atoms in total. The van der Waals surface area contributed by atoms with E-state index in [1.165, 1.54) is 12.1 Å². The van der Waals surface area contributed by atoms with Gasteiger partial charge < -0.3 is 20.9 Å². The maximum absolute atomic E-state index is 13.5. The number of allylic oxidation sites excluding steroid dienone is 3. The van der Waals surface area contributed by atoms with Crippen LogP contribution < -0.4 is 11.1 Å². The highest BCUT2D eigenvalue weighted by Crippen LogP contribution is 2.20. The Morgan fingerprint density at radius 3 is 3.00 bits per heavy atom. The Balaban J connectivity index is 1.79. The number of hydrogen-bond acceptors (Lipinski definition) is 6. The van der Waals surface area contributed by atoms with E-state index in [2.05, 4.69) is 22.0 Å². The second kappa shape index (κ2) is 10.7. The number of nitrogens with two attached hydrogens (primary N) is 1. The quantitative estimate of drug-likeness (QED) is 0.424. The van der Waals surface area contributed by atoms with Gasteiger partial charge in [-0.1, -0.05) is 18.7 Å². The van der Waals surface area contributed by atoms with E-state index in [1.54, 1.807) is 41.2 Å². The largest absolute Gasteiger partial charge is 0.400 e. The number of benzene rings is 1. The van der Waals surface area contributed by atoms with E-state index in [0.717, 1.165) is 19.4 Å². The SMILES string of the molecule is C=C(\C=C(/N=C(C)/C=C(\N)C1CCCO1)NCCO)n1ccc(-c2cccc(F)c2)n1. The number of hydrogen-bond donors (Lipinski definition) is 3. The Labute approximate surface area is 181 Å². The molecule has 1 unspecified atom stereocenters. The van der Waals surface area contributed by atoms with Gasteiger partial charge in [-0.3, -0.25) is 0 Å². The van der Waals surface area contributed by atoms with E-state index in [1.807, 2.05) is 6.92 Å². The lowest BCUT2D eigenvalue weighted by Crippen LogP contribution is -2.19. The standard InChI is InChI=1S/C23H28FN5O2/c1-16(13-20(25)22-7-4-12-31-22)27-23(26-9-11-30)14-17(2)29-10-8-21(28-29)18-5-3-6-19(24)15-18/h3,5-6,8,10,13-15,22,26,30H,2,4,7,9,11-12,25H2,1H3/b20-13-,23-14-,27-16+. The molecular weight excluding hydrogens is 397 g/mol. The van der Waals surface area contributed by atoms with E-state index in [-0.39, 0.29) is 18.5 Å². The molecule has 164 valence electrons. The summed E-state index contributed by atoms with van der Waals surface area (Å²) in [5, 5.41) is 16.7. The first kappa shape index (κ1) is 22.5. The number of nitrogens with zero attached hydrogens (tertiary/aromatic N) is 3. The van der Waals surface area contributed by atoms with Crippen molar-refractivity contribution in [2.24, 2.45) is 10.7 Å². The summed E-state index contributed by atoms with van der Waals surface area (Å²) in [4.78, 5) is 4.56. The van der Waals surface area contributed by atoms with Gasteiger partial charge in [0.25, 0.3) is 0 Å². The summed E-state index contributed by atoms with van der Waals surface area (Å²) in [7, 11) is 0. The van der Waals surface area contributed by atoms with Crippen LogP contribution in [0.25, 0.3) is 17.0 Å². The van der Waals surface area contributed by atoms with Crippen molar-refractivity contribution in [1.29, 1.82) is 0 Å². The van der Waals surface area contributed by atoms with Crippen LogP contribution in [0, 0.1) is 5.82 Å². The van der Waals surface area contributed by atoms with Crippen LogP contribution in [-0.2, 0) is 4.74 Å². The molecule has 0 aliphatic carbocycles. The molecule has 0 spiro atoms. The first-order valence-electron chi connectivity index (χ1n) is 10.2. The van der Waals surface area contributed by atoms with Crippen LogP contribution in [-0.4, -0.2) is 46.5 Å². The van der Waals surface area contributed by atoms with Crippen LogP contribution >= 0.6 is 0 Å². The van der Waals surface area contributed by atoms with Crippen LogP contribution in [0.2, 0.25) is 0 Å². The zero-order valence-electron chi connectivity index (χ0n) is 17.6. The molecule has 0 bridgehead atoms. The van der Waals surface area contributed by atoms with Crippen molar-refractivity contribution in [3.8, 4) is 11.3 Å². The average molecular weight is 426 g/mol. The Morgan fingerprint density at radius 1 is 1.45 bits per heavy atom. The summed E-state index contributed by atoms with van der Waals surface area (Å²) in [5.74, 6) is 0.192. The normalized spacial score (nSPS) is 17.8. The van der Waals surface area contributed by atoms with Crippen molar-refractivity contribution in [3.05, 3.63) is 72.6 Å². The van der Waals surface area contributed by atoms with E-state index in [9.17, 15) is 9.50 Å². The lowest BCUT2D eigenvalue weighted by molar-refractivity contribution is 0.136. The highest BCUT2D eigenvalue weighted by atomic mass is 19.1. The van der Waals surface area contributed by atoms with Crippen LogP contribution in [0.3, 0.4) is 0 Å². The van der Waals surface area contributed by atoms with Gasteiger partial charge in [0, 0.05) is 42.4 Å². The Bertz CT molecular complexity index is 1000. The molecule has 2 aromatic rings. The number of halogens is 1. The van der Waals surface area contributed by atoms with E-state index in [4.69, 9.17) is 10.5 Å². The average Bonchev–Trinajstić information content (AvgIpc) is 3.44. The lowest BCUT2D eigenvalue weighted by atomic mass is 10.1. The molecular formula is C23H28FN5O2. The van der Waals surface area contributed by atoms with E-state index >= 15 is 0 Å². The third-order valence-electron chi connectivity index (χ3n) is 4.70. The van der Waals surface area contributed by atoms with Gasteiger partial charge in [0.1, 0.15) is 11.6 Å². The predicted molar refractivity (Wildman–Crippen MR) is 120 cm³/mol. The number of aliphatic hydroxyl groups excluding tert-OH is 1. The number of aliphatic hydroxyl groups is 1. The summed E-state index contributed by atoms with van der Waals surface area (Å²) >= 11 is 0. The minimum absolute atomic E-state index is 0.0439. The van der Waals surface area contributed by atoms with Gasteiger partial charge in [-0.25, -0.2) is 14.1 Å². The fourth-order valence-electron chi connectivity index (χ4n) is 3.21. The van der Waals surface area contributed by atoms with Crippen molar-refractivity contribution < 1.29 is 14.2 Å². The van der Waals surface area contributed by atoms with Crippen molar-refractivity contribution >= 4 is 11.4 Å². The van der Waals surface area contributed by atoms with Gasteiger partial charge in [-0.2, -0.15) is 5.10 Å². The fourth-order valence-corrected chi connectivity index (χ4v) is 3.21. The summed E-state index contributed by atoms with van der Waals surface area (Å²) in [6.45, 7) is 6.90. The third-order valence-corrected chi connectivity index (χ3v) is 4.70. The van der Waals surface area contributed by atoms with Crippen LogP contribution in [0.15, 0.2) is 71.8 Å². The fraction of sp³-hybridized carbons (Fsp3) is 0.304. The molecule has 1 saturated heterocycles. The van der Waals surface area contributed by atoms with Crippen molar-refractivity contribution in [1.82, 2.24) is 15.1 Å². The molecule has 1 fully saturated rings. The molecule has 2 heterocycles. The number of nitrogens with one attached hydrogen (secondary N) is 1. The van der Waals surface area contributed by atoms with Crippen LogP contribution in [0.1, 0.15) is 19.8 Å². The van der Waals surface area contributed by atoms with Gasteiger partial charge in [-0.05, 0) is 44.0 Å². The zero-order valence-corrected chi connectivity index (χ0v) is 17.6. The minimum Gasteiger partial charge on any atom is -0.400 e. The summed E-state index contributed by atoms with van der Waals surface area (Å²) in [5.41, 5.74) is 9.33. The highest BCUT2D eigenvalue weighted by Gasteiger charge is 2.17. The molecule has 0 saturated carbocycles. The maximum Gasteiger partial charge on any atom is 0.128 e. The second-order valence-electron chi connectivity index (χ2n) is 7.23. The van der Waals surface area contributed by atoms with Gasteiger partial charge in [0.2, 0.25) is 0 Å². The molecule has 1 aliphatic heterocycles. The molecule has 31 heavy (non-hydrogen) atoms. The highest BCUT2D eigenvalue weighted by molar-refractivity contribution is 5.94. The zero-order chi connectivity index (χ0) is 22.2. The molecule has 1 aliphatic rings. The van der Waals surface area contributed by atoms with Crippen LogP contribution in [0.5, 0.6) is 0 Å². The second-order valence-corrected chi connectivity index (χ2v) is 7.23. The molecule has 1 aromatic heterocycles. The number of aliphatic imine (C=N–C) groups is 1. The Hall–Kier alpha value is -3.23. The minimum atomic E-state index is -0.318. The summed E-state index contributed by atoms with van der Waals surface area (Å²) in [6, 6.07) is 8.04. The molecule has 0 radical (unpaired) electrons. The van der Waals surface area contributed by atoms with Crippen molar-refractivity contribution in [3.63, 3.8) is 0 Å². The van der Waals surface area contributed by atoms with Crippen LogP contribution in [0.4, 0.5) is 4.39 Å². The van der Waals surface area contributed by atoms with E-state index < -0.39 is 0 Å². The molecule has 1 aromatic carbocycles. The number of aromatic nitrogens is 2. The van der Waals surface area contributed by atoms with Crippen molar-refractivity contribution in [2.75, 3.05) is 19.8 Å². The van der Waals surface area contributed by atoms with Gasteiger partial charge in [-0.15, -0.1) is 0 Å². The smallest absolute Gasteiger partial charge is 0.128 e. The first-order valence-corrected chi connectivity index (χ1v) is 10.2. The van der Waals surface area contributed by atoms with E-state index in [0.29, 0.717) is 40.7 Å². The van der Waals surface area contributed by atoms with Crippen molar-refractivity contribution in [2.45, 2.75) is 25.9 Å². The first-order chi connectivity index (χ1) is 15.0.